The summed E-state index contributed by atoms with van der Waals surface area (Å²) in [6, 6.07) is 3.92. The van der Waals surface area contributed by atoms with Crippen LogP contribution in [0.15, 0.2) is 22.7 Å². The Kier molecular flexibility index (Phi) is 7.12. The lowest BCUT2D eigenvalue weighted by Gasteiger charge is -2.13. The fourth-order valence-electron chi connectivity index (χ4n) is 1.50. The third-order valence-corrected chi connectivity index (χ3v) is 2.84. The fourth-order valence-corrected chi connectivity index (χ4v) is 1.96. The van der Waals surface area contributed by atoms with Crippen molar-refractivity contribution in [3.8, 4) is 0 Å². The van der Waals surface area contributed by atoms with Crippen LogP contribution in [-0.2, 0) is 4.74 Å². The highest BCUT2D eigenvalue weighted by molar-refractivity contribution is 9.10. The van der Waals surface area contributed by atoms with Crippen molar-refractivity contribution in [3.05, 3.63) is 34.1 Å². The van der Waals surface area contributed by atoms with E-state index in [1.807, 2.05) is 13.8 Å². The predicted molar refractivity (Wildman–Crippen MR) is 78.1 cm³/mol. The van der Waals surface area contributed by atoms with Crippen molar-refractivity contribution in [3.63, 3.8) is 0 Å². The molecule has 1 rings (SSSR count). The highest BCUT2D eigenvalue weighted by Crippen LogP contribution is 2.14. The van der Waals surface area contributed by atoms with Crippen LogP contribution >= 0.6 is 15.9 Å². The molecule has 0 bridgehead atoms. The maximum Gasteiger partial charge on any atom is 0.251 e. The van der Waals surface area contributed by atoms with Gasteiger partial charge in [-0.3, -0.25) is 4.79 Å². The van der Waals surface area contributed by atoms with Gasteiger partial charge in [0, 0.05) is 23.2 Å². The molecule has 0 aliphatic rings. The molecule has 0 aliphatic carbocycles. The van der Waals surface area contributed by atoms with Gasteiger partial charge in [-0.25, -0.2) is 4.39 Å². The Balaban J connectivity index is 2.39. The number of amides is 1. The van der Waals surface area contributed by atoms with E-state index in [2.05, 4.69) is 21.2 Å². The van der Waals surface area contributed by atoms with Gasteiger partial charge in [0.2, 0.25) is 0 Å². The molecule has 1 atom stereocenters. The van der Waals surface area contributed by atoms with Crippen LogP contribution in [-0.4, -0.2) is 36.9 Å². The van der Waals surface area contributed by atoms with Gasteiger partial charge in [-0.1, -0.05) is 29.8 Å². The SMILES string of the molecule is CC(C)COCC(O)CNC(=O)c1cc(F)cc(Br)c1. The first-order valence-corrected chi connectivity index (χ1v) is 7.18. The molecule has 0 aliphatic heterocycles. The van der Waals surface area contributed by atoms with Gasteiger partial charge in [-0.15, -0.1) is 0 Å². The highest BCUT2D eigenvalue weighted by atomic mass is 79.9. The standard InChI is InChI=1S/C14H19BrFNO3/c1-9(2)7-20-8-13(18)6-17-14(19)10-3-11(15)5-12(16)4-10/h3-5,9,13,18H,6-8H2,1-2H3,(H,17,19). The maximum atomic E-state index is 13.2. The summed E-state index contributed by atoms with van der Waals surface area (Å²) in [5.41, 5.74) is 0.201. The molecule has 1 aromatic rings. The zero-order valence-electron chi connectivity index (χ0n) is 11.5. The minimum Gasteiger partial charge on any atom is -0.389 e. The van der Waals surface area contributed by atoms with E-state index in [9.17, 15) is 14.3 Å². The molecule has 6 heteroatoms. The van der Waals surface area contributed by atoms with E-state index in [-0.39, 0.29) is 18.7 Å². The number of carbonyl (C=O) groups is 1. The summed E-state index contributed by atoms with van der Waals surface area (Å²) in [5, 5.41) is 12.2. The Hall–Kier alpha value is -0.980. The van der Waals surface area contributed by atoms with E-state index in [0.717, 1.165) is 6.07 Å². The second kappa shape index (κ2) is 8.34. The summed E-state index contributed by atoms with van der Waals surface area (Å²) in [5.74, 6) is -0.542. The second-order valence-electron chi connectivity index (χ2n) is 4.95. The van der Waals surface area contributed by atoms with Crippen molar-refractivity contribution < 1.29 is 19.0 Å². The first kappa shape index (κ1) is 17.1. The van der Waals surface area contributed by atoms with Crippen molar-refractivity contribution in [2.75, 3.05) is 19.8 Å². The smallest absolute Gasteiger partial charge is 0.251 e. The van der Waals surface area contributed by atoms with Gasteiger partial charge < -0.3 is 15.2 Å². The Morgan fingerprint density at radius 2 is 2.10 bits per heavy atom. The minimum atomic E-state index is -0.783. The van der Waals surface area contributed by atoms with Gasteiger partial charge in [-0.05, 0) is 24.1 Å². The number of rotatable bonds is 7. The summed E-state index contributed by atoms with van der Waals surface area (Å²) in [6.07, 6.45) is -0.783. The molecular formula is C14H19BrFNO3. The van der Waals surface area contributed by atoms with Crippen LogP contribution in [0.5, 0.6) is 0 Å². The van der Waals surface area contributed by atoms with Gasteiger partial charge in [0.1, 0.15) is 5.82 Å². The summed E-state index contributed by atoms with van der Waals surface area (Å²) >= 11 is 3.12. The van der Waals surface area contributed by atoms with Crippen LogP contribution in [0.25, 0.3) is 0 Å². The molecule has 4 nitrogen and oxygen atoms in total. The second-order valence-corrected chi connectivity index (χ2v) is 5.87. The third-order valence-electron chi connectivity index (χ3n) is 2.38. The number of aliphatic hydroxyl groups excluding tert-OH is 1. The number of ether oxygens (including phenoxy) is 1. The average Bonchev–Trinajstić information content (AvgIpc) is 2.34. The number of aliphatic hydroxyl groups is 1. The van der Waals surface area contributed by atoms with E-state index in [1.165, 1.54) is 12.1 Å². The molecular weight excluding hydrogens is 329 g/mol. The van der Waals surface area contributed by atoms with Gasteiger partial charge in [0.25, 0.3) is 5.91 Å². The number of halogens is 2. The summed E-state index contributed by atoms with van der Waals surface area (Å²) in [4.78, 5) is 11.8. The fraction of sp³-hybridized carbons (Fsp3) is 0.500. The average molecular weight is 348 g/mol. The van der Waals surface area contributed by atoms with Gasteiger partial charge >= 0.3 is 0 Å². The van der Waals surface area contributed by atoms with Crippen LogP contribution in [0.1, 0.15) is 24.2 Å². The molecule has 0 saturated carbocycles. The molecule has 1 amide bonds. The molecule has 0 saturated heterocycles. The molecule has 20 heavy (non-hydrogen) atoms. The van der Waals surface area contributed by atoms with Gasteiger partial charge in [0.05, 0.1) is 12.7 Å². The summed E-state index contributed by atoms with van der Waals surface area (Å²) < 4.78 is 18.9. The van der Waals surface area contributed by atoms with Crippen LogP contribution in [0, 0.1) is 11.7 Å². The lowest BCUT2D eigenvalue weighted by atomic mass is 10.2. The minimum absolute atomic E-state index is 0.0606. The Morgan fingerprint density at radius 3 is 2.70 bits per heavy atom. The number of hydrogen-bond acceptors (Lipinski definition) is 3. The Morgan fingerprint density at radius 1 is 1.40 bits per heavy atom. The number of benzene rings is 1. The van der Waals surface area contributed by atoms with E-state index >= 15 is 0 Å². The first-order chi connectivity index (χ1) is 9.38. The Labute approximate surface area is 126 Å². The van der Waals surface area contributed by atoms with Crippen molar-refractivity contribution in [2.24, 2.45) is 5.92 Å². The predicted octanol–water partition coefficient (Wildman–Crippen LogP) is 2.35. The molecule has 0 spiro atoms. The number of hydrogen-bond donors (Lipinski definition) is 2. The summed E-state index contributed by atoms with van der Waals surface area (Å²) in [7, 11) is 0. The molecule has 0 aromatic heterocycles. The zero-order chi connectivity index (χ0) is 15.1. The lowest BCUT2D eigenvalue weighted by Crippen LogP contribution is -2.34. The number of carbonyl (C=O) groups excluding carboxylic acids is 1. The van der Waals surface area contributed by atoms with Crippen molar-refractivity contribution in [2.45, 2.75) is 20.0 Å². The highest BCUT2D eigenvalue weighted by Gasteiger charge is 2.11. The van der Waals surface area contributed by atoms with Crippen LogP contribution < -0.4 is 5.32 Å². The monoisotopic (exact) mass is 347 g/mol. The molecule has 0 fully saturated rings. The maximum absolute atomic E-state index is 13.2. The van der Waals surface area contributed by atoms with Gasteiger partial charge in [0.15, 0.2) is 0 Å². The van der Waals surface area contributed by atoms with E-state index < -0.39 is 17.8 Å². The van der Waals surface area contributed by atoms with Crippen LogP contribution in [0.3, 0.4) is 0 Å². The molecule has 1 unspecified atom stereocenters. The van der Waals surface area contributed by atoms with Crippen molar-refractivity contribution >= 4 is 21.8 Å². The largest absolute Gasteiger partial charge is 0.389 e. The van der Waals surface area contributed by atoms with Crippen molar-refractivity contribution in [1.29, 1.82) is 0 Å². The van der Waals surface area contributed by atoms with Gasteiger partial charge in [-0.2, -0.15) is 0 Å². The van der Waals surface area contributed by atoms with Crippen LogP contribution in [0.2, 0.25) is 0 Å². The summed E-state index contributed by atoms with van der Waals surface area (Å²) in [6.45, 7) is 4.80. The topological polar surface area (TPSA) is 58.6 Å². The van der Waals surface area contributed by atoms with E-state index in [4.69, 9.17) is 4.74 Å². The van der Waals surface area contributed by atoms with Crippen LogP contribution in [0.4, 0.5) is 4.39 Å². The zero-order valence-corrected chi connectivity index (χ0v) is 13.1. The number of nitrogens with one attached hydrogen (secondary N) is 1. The quantitative estimate of drug-likeness (QED) is 0.795. The Bertz CT molecular complexity index is 434. The lowest BCUT2D eigenvalue weighted by molar-refractivity contribution is 0.0259. The first-order valence-electron chi connectivity index (χ1n) is 6.38. The molecule has 0 radical (unpaired) electrons. The molecule has 1 aromatic carbocycles. The van der Waals surface area contributed by atoms with E-state index in [1.54, 1.807) is 0 Å². The molecule has 2 N–H and O–H groups in total. The van der Waals surface area contributed by atoms with E-state index in [0.29, 0.717) is 17.0 Å². The molecule has 0 heterocycles. The third kappa shape index (κ3) is 6.45. The molecule has 112 valence electrons. The normalized spacial score (nSPS) is 12.5. The van der Waals surface area contributed by atoms with Crippen molar-refractivity contribution in [1.82, 2.24) is 5.32 Å².